The van der Waals surface area contributed by atoms with E-state index in [1.54, 1.807) is 12.1 Å². The van der Waals surface area contributed by atoms with E-state index < -0.39 is 4.92 Å². The summed E-state index contributed by atoms with van der Waals surface area (Å²) in [5.41, 5.74) is 3.92. The van der Waals surface area contributed by atoms with Crippen LogP contribution in [0.1, 0.15) is 18.1 Å². The average Bonchev–Trinajstić information content (AvgIpc) is 2.40. The lowest BCUT2D eigenvalue weighted by Crippen LogP contribution is -1.93. The van der Waals surface area contributed by atoms with Gasteiger partial charge in [0.2, 0.25) is 0 Å². The molecule has 4 nitrogen and oxygen atoms in total. The van der Waals surface area contributed by atoms with E-state index in [1.807, 2.05) is 38.1 Å². The first-order valence-electron chi connectivity index (χ1n) is 5.93. The molecular formula is C15H14N2O2. The fraction of sp³-hybridized carbons (Fsp3) is 0.133. The van der Waals surface area contributed by atoms with Gasteiger partial charge < -0.3 is 0 Å². The molecule has 4 heteroatoms. The molecule has 0 spiro atoms. The minimum Gasteiger partial charge on any atom is -0.258 e. The van der Waals surface area contributed by atoms with E-state index >= 15 is 0 Å². The minimum absolute atomic E-state index is 0.0759. The van der Waals surface area contributed by atoms with Gasteiger partial charge >= 0.3 is 0 Å². The monoisotopic (exact) mass is 254 g/mol. The normalized spacial score (nSPS) is 11.4. The van der Waals surface area contributed by atoms with Crippen molar-refractivity contribution in [1.82, 2.24) is 0 Å². The highest BCUT2D eigenvalue weighted by molar-refractivity contribution is 6.00. The van der Waals surface area contributed by atoms with Gasteiger partial charge in [-0.3, -0.25) is 15.1 Å². The van der Waals surface area contributed by atoms with E-state index in [0.29, 0.717) is 5.69 Å². The summed E-state index contributed by atoms with van der Waals surface area (Å²) in [4.78, 5) is 14.6. The first-order valence-corrected chi connectivity index (χ1v) is 5.93. The molecule has 0 bridgehead atoms. The number of non-ortho nitro benzene ring substituents is 1. The summed E-state index contributed by atoms with van der Waals surface area (Å²) in [6.07, 6.45) is 0. The van der Waals surface area contributed by atoms with Crippen molar-refractivity contribution in [3.05, 3.63) is 69.8 Å². The van der Waals surface area contributed by atoms with Crippen molar-refractivity contribution in [2.45, 2.75) is 13.8 Å². The molecule has 0 aromatic heterocycles. The van der Waals surface area contributed by atoms with Crippen LogP contribution in [0.3, 0.4) is 0 Å². The van der Waals surface area contributed by atoms with Crippen LogP contribution in [0.5, 0.6) is 0 Å². The topological polar surface area (TPSA) is 55.5 Å². The second-order valence-corrected chi connectivity index (χ2v) is 4.34. The summed E-state index contributed by atoms with van der Waals surface area (Å²) in [6, 6.07) is 14.3. The van der Waals surface area contributed by atoms with E-state index in [2.05, 4.69) is 4.99 Å². The van der Waals surface area contributed by atoms with Crippen LogP contribution in [0, 0.1) is 17.0 Å². The van der Waals surface area contributed by atoms with Gasteiger partial charge in [0.25, 0.3) is 5.69 Å². The predicted octanol–water partition coefficient (Wildman–Crippen LogP) is 4.04. The summed E-state index contributed by atoms with van der Waals surface area (Å²) < 4.78 is 0. The standard InChI is InChI=1S/C15H14N2O2/c1-11-3-5-13(6-4-11)12(2)16-14-7-9-15(10-8-14)17(18)19/h3-10H,1-2H3. The number of hydrogen-bond acceptors (Lipinski definition) is 3. The van der Waals surface area contributed by atoms with Crippen molar-refractivity contribution >= 4 is 17.1 Å². The van der Waals surface area contributed by atoms with E-state index in [-0.39, 0.29) is 5.69 Å². The van der Waals surface area contributed by atoms with Crippen LogP contribution < -0.4 is 0 Å². The van der Waals surface area contributed by atoms with E-state index in [9.17, 15) is 10.1 Å². The first-order chi connectivity index (χ1) is 9.06. The molecule has 2 aromatic rings. The van der Waals surface area contributed by atoms with Crippen molar-refractivity contribution in [3.8, 4) is 0 Å². The van der Waals surface area contributed by atoms with Gasteiger partial charge in [0.15, 0.2) is 0 Å². The zero-order chi connectivity index (χ0) is 13.8. The smallest absolute Gasteiger partial charge is 0.258 e. The van der Waals surface area contributed by atoms with Crippen LogP contribution in [0.4, 0.5) is 11.4 Å². The Morgan fingerprint density at radius 1 is 1.05 bits per heavy atom. The average molecular weight is 254 g/mol. The molecule has 96 valence electrons. The molecule has 0 heterocycles. The summed E-state index contributed by atoms with van der Waals surface area (Å²) in [5.74, 6) is 0. The lowest BCUT2D eigenvalue weighted by atomic mass is 10.1. The molecular weight excluding hydrogens is 240 g/mol. The van der Waals surface area contributed by atoms with Crippen LogP contribution in [0.2, 0.25) is 0 Å². The van der Waals surface area contributed by atoms with Crippen molar-refractivity contribution < 1.29 is 4.92 Å². The van der Waals surface area contributed by atoms with Gasteiger partial charge in [-0.2, -0.15) is 0 Å². The predicted molar refractivity (Wildman–Crippen MR) is 76.1 cm³/mol. The lowest BCUT2D eigenvalue weighted by molar-refractivity contribution is -0.384. The third kappa shape index (κ3) is 3.25. The molecule has 2 rings (SSSR count). The maximum atomic E-state index is 10.6. The number of aliphatic imine (C=N–C) groups is 1. The zero-order valence-electron chi connectivity index (χ0n) is 10.8. The summed E-state index contributed by atoms with van der Waals surface area (Å²) in [6.45, 7) is 3.96. The molecule has 0 aliphatic heterocycles. The Morgan fingerprint density at radius 3 is 2.16 bits per heavy atom. The van der Waals surface area contributed by atoms with Crippen LogP contribution in [-0.4, -0.2) is 10.6 Å². The Kier molecular flexibility index (Phi) is 3.71. The van der Waals surface area contributed by atoms with Crippen molar-refractivity contribution in [3.63, 3.8) is 0 Å². The summed E-state index contributed by atoms with van der Waals surface area (Å²) in [5, 5.41) is 10.6. The lowest BCUT2D eigenvalue weighted by Gasteiger charge is -2.02. The highest BCUT2D eigenvalue weighted by atomic mass is 16.6. The number of rotatable bonds is 3. The SMILES string of the molecule is CC(=Nc1ccc([N+](=O)[O-])cc1)c1ccc(C)cc1. The molecule has 0 aliphatic carbocycles. The number of nitrogens with zero attached hydrogens (tertiary/aromatic N) is 2. The molecule has 0 fully saturated rings. The highest BCUT2D eigenvalue weighted by Crippen LogP contribution is 2.19. The molecule has 0 saturated carbocycles. The first kappa shape index (κ1) is 13.0. The Hall–Kier alpha value is -2.49. The minimum atomic E-state index is -0.416. The van der Waals surface area contributed by atoms with Crippen LogP contribution in [-0.2, 0) is 0 Å². The number of nitro benzene ring substituents is 1. The van der Waals surface area contributed by atoms with Gasteiger partial charge in [-0.1, -0.05) is 29.8 Å². The van der Waals surface area contributed by atoms with Gasteiger partial charge in [-0.05, 0) is 31.5 Å². The van der Waals surface area contributed by atoms with Crippen LogP contribution in [0.15, 0.2) is 53.5 Å². The van der Waals surface area contributed by atoms with E-state index in [1.165, 1.54) is 17.7 Å². The van der Waals surface area contributed by atoms with Crippen molar-refractivity contribution in [1.29, 1.82) is 0 Å². The van der Waals surface area contributed by atoms with Crippen LogP contribution in [0.25, 0.3) is 0 Å². The number of benzene rings is 2. The molecule has 2 aromatic carbocycles. The summed E-state index contributed by atoms with van der Waals surface area (Å²) >= 11 is 0. The molecule has 19 heavy (non-hydrogen) atoms. The quantitative estimate of drug-likeness (QED) is 0.471. The third-order valence-electron chi connectivity index (χ3n) is 2.83. The molecule has 0 N–H and O–H groups in total. The molecule has 0 unspecified atom stereocenters. The summed E-state index contributed by atoms with van der Waals surface area (Å²) in [7, 11) is 0. The maximum Gasteiger partial charge on any atom is 0.269 e. The molecule has 0 atom stereocenters. The van der Waals surface area contributed by atoms with E-state index in [4.69, 9.17) is 0 Å². The molecule has 0 aliphatic rings. The van der Waals surface area contributed by atoms with Gasteiger partial charge in [0, 0.05) is 17.8 Å². The van der Waals surface area contributed by atoms with Crippen molar-refractivity contribution in [2.75, 3.05) is 0 Å². The second kappa shape index (κ2) is 5.44. The Balaban J connectivity index is 2.25. The van der Waals surface area contributed by atoms with Crippen LogP contribution >= 0.6 is 0 Å². The Morgan fingerprint density at radius 2 is 1.63 bits per heavy atom. The van der Waals surface area contributed by atoms with Gasteiger partial charge in [0.05, 0.1) is 10.6 Å². The number of aryl methyl sites for hydroxylation is 1. The van der Waals surface area contributed by atoms with E-state index in [0.717, 1.165) is 11.3 Å². The number of nitro groups is 1. The fourth-order valence-electron chi connectivity index (χ4n) is 1.70. The van der Waals surface area contributed by atoms with Crippen molar-refractivity contribution in [2.24, 2.45) is 4.99 Å². The van der Waals surface area contributed by atoms with Gasteiger partial charge in [-0.15, -0.1) is 0 Å². The Labute approximate surface area is 111 Å². The molecule has 0 saturated heterocycles. The second-order valence-electron chi connectivity index (χ2n) is 4.34. The molecule has 0 amide bonds. The zero-order valence-corrected chi connectivity index (χ0v) is 10.8. The maximum absolute atomic E-state index is 10.6. The highest BCUT2D eigenvalue weighted by Gasteiger charge is 2.03. The van der Waals surface area contributed by atoms with Gasteiger partial charge in [-0.25, -0.2) is 0 Å². The Bertz CT molecular complexity index is 614. The van der Waals surface area contributed by atoms with Gasteiger partial charge in [0.1, 0.15) is 0 Å². The third-order valence-corrected chi connectivity index (χ3v) is 2.83. The fourth-order valence-corrected chi connectivity index (χ4v) is 1.70. The number of hydrogen-bond donors (Lipinski definition) is 0. The molecule has 0 radical (unpaired) electrons. The largest absolute Gasteiger partial charge is 0.269 e.